The Labute approximate surface area is 124 Å². The van der Waals surface area contributed by atoms with Crippen molar-refractivity contribution in [3.05, 3.63) is 71.7 Å². The summed E-state index contributed by atoms with van der Waals surface area (Å²) >= 11 is 0. The molecular weight excluding hydrogens is 263 g/mol. The van der Waals surface area contributed by atoms with Crippen molar-refractivity contribution < 1.29 is 4.39 Å². The van der Waals surface area contributed by atoms with Crippen LogP contribution in [-0.2, 0) is 13.1 Å². The summed E-state index contributed by atoms with van der Waals surface area (Å²) < 4.78 is 15.5. The fraction of sp³-hybridized carbons (Fsp3) is 0.222. The second kappa shape index (κ2) is 6.10. The molecule has 2 nitrogen and oxygen atoms in total. The van der Waals surface area contributed by atoms with Gasteiger partial charge in [0.2, 0.25) is 0 Å². The fourth-order valence-electron chi connectivity index (χ4n) is 2.58. The molecule has 0 spiro atoms. The zero-order valence-corrected chi connectivity index (χ0v) is 12.1. The highest BCUT2D eigenvalue weighted by atomic mass is 19.1. The number of halogens is 1. The molecule has 2 aromatic carbocycles. The van der Waals surface area contributed by atoms with Crippen molar-refractivity contribution in [3.8, 4) is 0 Å². The molecule has 0 radical (unpaired) electrons. The predicted molar refractivity (Wildman–Crippen MR) is 84.8 cm³/mol. The van der Waals surface area contributed by atoms with Gasteiger partial charge >= 0.3 is 0 Å². The Morgan fingerprint density at radius 1 is 1.05 bits per heavy atom. The molecule has 3 aromatic rings. The second-order valence-electron chi connectivity index (χ2n) is 5.25. The van der Waals surface area contributed by atoms with Crippen LogP contribution in [0, 0.1) is 5.82 Å². The average molecular weight is 282 g/mol. The van der Waals surface area contributed by atoms with Crippen LogP contribution in [0.2, 0.25) is 0 Å². The van der Waals surface area contributed by atoms with Gasteiger partial charge in [-0.1, -0.05) is 31.2 Å². The quantitative estimate of drug-likeness (QED) is 0.750. The summed E-state index contributed by atoms with van der Waals surface area (Å²) in [5.41, 5.74) is 3.43. The van der Waals surface area contributed by atoms with Crippen molar-refractivity contribution in [1.82, 2.24) is 9.88 Å². The molecule has 1 aromatic heterocycles. The highest BCUT2D eigenvalue weighted by Gasteiger charge is 2.04. The molecule has 0 aliphatic rings. The van der Waals surface area contributed by atoms with E-state index in [4.69, 9.17) is 0 Å². The minimum atomic E-state index is -0.184. The molecule has 0 atom stereocenters. The minimum absolute atomic E-state index is 0.184. The molecule has 3 rings (SSSR count). The number of nitrogens with one attached hydrogen (secondary N) is 1. The Kier molecular flexibility index (Phi) is 4.02. The first-order chi connectivity index (χ1) is 10.3. The number of benzene rings is 2. The summed E-state index contributed by atoms with van der Waals surface area (Å²) in [5, 5.41) is 4.55. The predicted octanol–water partition coefficient (Wildman–Crippen LogP) is 3.94. The van der Waals surface area contributed by atoms with Gasteiger partial charge in [0.1, 0.15) is 5.82 Å². The molecule has 0 amide bonds. The number of aromatic nitrogens is 1. The van der Waals surface area contributed by atoms with Crippen LogP contribution in [0.5, 0.6) is 0 Å². The van der Waals surface area contributed by atoms with Gasteiger partial charge in [0.25, 0.3) is 0 Å². The van der Waals surface area contributed by atoms with Crippen LogP contribution in [-0.4, -0.2) is 11.1 Å². The molecule has 0 aliphatic heterocycles. The lowest BCUT2D eigenvalue weighted by Crippen LogP contribution is -2.11. The van der Waals surface area contributed by atoms with Gasteiger partial charge in [-0.05, 0) is 47.3 Å². The lowest BCUT2D eigenvalue weighted by Gasteiger charge is -2.08. The third-order valence-corrected chi connectivity index (χ3v) is 3.66. The molecule has 0 saturated carbocycles. The van der Waals surface area contributed by atoms with E-state index < -0.39 is 0 Å². The van der Waals surface area contributed by atoms with Crippen molar-refractivity contribution >= 4 is 10.9 Å². The van der Waals surface area contributed by atoms with E-state index in [0.717, 1.165) is 18.7 Å². The van der Waals surface area contributed by atoms with Crippen LogP contribution >= 0.6 is 0 Å². The number of hydrogen-bond acceptors (Lipinski definition) is 1. The van der Waals surface area contributed by atoms with Crippen molar-refractivity contribution in [2.75, 3.05) is 6.54 Å². The summed E-state index contributed by atoms with van der Waals surface area (Å²) in [6.07, 6.45) is 2.06. The average Bonchev–Trinajstić information content (AvgIpc) is 2.88. The molecule has 3 heteroatoms. The fourth-order valence-corrected chi connectivity index (χ4v) is 2.58. The zero-order chi connectivity index (χ0) is 14.7. The molecule has 0 aliphatic carbocycles. The number of hydrogen-bond donors (Lipinski definition) is 1. The van der Waals surface area contributed by atoms with Gasteiger partial charge in [0.15, 0.2) is 0 Å². The zero-order valence-electron chi connectivity index (χ0n) is 12.1. The van der Waals surface area contributed by atoms with Crippen molar-refractivity contribution in [2.24, 2.45) is 0 Å². The Balaban J connectivity index is 1.91. The third kappa shape index (κ3) is 3.14. The van der Waals surface area contributed by atoms with E-state index >= 15 is 0 Å². The van der Waals surface area contributed by atoms with Gasteiger partial charge in [-0.2, -0.15) is 0 Å². The molecule has 0 bridgehead atoms. The summed E-state index contributed by atoms with van der Waals surface area (Å²) in [4.78, 5) is 0. The third-order valence-electron chi connectivity index (χ3n) is 3.66. The monoisotopic (exact) mass is 282 g/mol. The first-order valence-corrected chi connectivity index (χ1v) is 7.29. The standard InChI is InChI=1S/C18H19FN2/c1-2-20-12-14-6-7-16-8-9-21(18(16)11-14)13-15-4-3-5-17(19)10-15/h3-11,20H,2,12-13H2,1H3. The Bertz CT molecular complexity index is 746. The summed E-state index contributed by atoms with van der Waals surface area (Å²) in [7, 11) is 0. The Hall–Kier alpha value is -2.13. The highest BCUT2D eigenvalue weighted by molar-refractivity contribution is 5.81. The molecule has 0 saturated heterocycles. The van der Waals surface area contributed by atoms with E-state index in [-0.39, 0.29) is 5.82 Å². The van der Waals surface area contributed by atoms with E-state index in [0.29, 0.717) is 6.54 Å². The van der Waals surface area contributed by atoms with Crippen molar-refractivity contribution in [2.45, 2.75) is 20.0 Å². The van der Waals surface area contributed by atoms with E-state index in [1.54, 1.807) is 12.1 Å². The van der Waals surface area contributed by atoms with Gasteiger partial charge in [-0.15, -0.1) is 0 Å². The SMILES string of the molecule is CCNCc1ccc2ccn(Cc3cccc(F)c3)c2c1. The maximum absolute atomic E-state index is 13.3. The van der Waals surface area contributed by atoms with Crippen LogP contribution in [0.25, 0.3) is 10.9 Å². The molecule has 0 fully saturated rings. The van der Waals surface area contributed by atoms with Crippen LogP contribution in [0.15, 0.2) is 54.7 Å². The molecule has 108 valence electrons. The molecule has 0 unspecified atom stereocenters. The van der Waals surface area contributed by atoms with Gasteiger partial charge in [0.05, 0.1) is 0 Å². The van der Waals surface area contributed by atoms with Gasteiger partial charge in [0, 0.05) is 24.8 Å². The number of fused-ring (bicyclic) bond motifs is 1. The van der Waals surface area contributed by atoms with E-state index in [1.807, 2.05) is 6.07 Å². The van der Waals surface area contributed by atoms with Crippen LogP contribution < -0.4 is 5.32 Å². The Morgan fingerprint density at radius 3 is 2.76 bits per heavy atom. The summed E-state index contributed by atoms with van der Waals surface area (Å²) in [6.45, 7) is 4.62. The first-order valence-electron chi connectivity index (χ1n) is 7.29. The van der Waals surface area contributed by atoms with Crippen molar-refractivity contribution in [1.29, 1.82) is 0 Å². The number of rotatable bonds is 5. The lowest BCUT2D eigenvalue weighted by atomic mass is 10.1. The first kappa shape index (κ1) is 13.8. The van der Waals surface area contributed by atoms with Crippen LogP contribution in [0.4, 0.5) is 4.39 Å². The highest BCUT2D eigenvalue weighted by Crippen LogP contribution is 2.19. The molecule has 21 heavy (non-hydrogen) atoms. The van der Waals surface area contributed by atoms with Crippen LogP contribution in [0.1, 0.15) is 18.1 Å². The van der Waals surface area contributed by atoms with Gasteiger partial charge < -0.3 is 9.88 Å². The molecule has 1 N–H and O–H groups in total. The Morgan fingerprint density at radius 2 is 1.95 bits per heavy atom. The summed E-state index contributed by atoms with van der Waals surface area (Å²) in [6, 6.07) is 15.4. The maximum atomic E-state index is 13.3. The van der Waals surface area contributed by atoms with Crippen LogP contribution in [0.3, 0.4) is 0 Å². The molecular formula is C18H19FN2. The van der Waals surface area contributed by atoms with E-state index in [2.05, 4.69) is 47.3 Å². The largest absolute Gasteiger partial charge is 0.343 e. The number of nitrogens with zero attached hydrogens (tertiary/aromatic N) is 1. The van der Waals surface area contributed by atoms with Crippen molar-refractivity contribution in [3.63, 3.8) is 0 Å². The molecule has 1 heterocycles. The van der Waals surface area contributed by atoms with E-state index in [1.165, 1.54) is 22.5 Å². The normalized spacial score (nSPS) is 11.1. The lowest BCUT2D eigenvalue weighted by molar-refractivity contribution is 0.624. The second-order valence-corrected chi connectivity index (χ2v) is 5.25. The maximum Gasteiger partial charge on any atom is 0.123 e. The minimum Gasteiger partial charge on any atom is -0.343 e. The smallest absolute Gasteiger partial charge is 0.123 e. The van der Waals surface area contributed by atoms with Gasteiger partial charge in [-0.25, -0.2) is 4.39 Å². The van der Waals surface area contributed by atoms with Gasteiger partial charge in [-0.3, -0.25) is 0 Å². The van der Waals surface area contributed by atoms with E-state index in [9.17, 15) is 4.39 Å². The topological polar surface area (TPSA) is 17.0 Å². The summed E-state index contributed by atoms with van der Waals surface area (Å²) in [5.74, 6) is -0.184.